The Hall–Kier alpha value is -2.89. The average Bonchev–Trinajstić information content (AvgIpc) is 2.69. The fourth-order valence-electron chi connectivity index (χ4n) is 3.13. The molecule has 5 nitrogen and oxygen atoms in total. The summed E-state index contributed by atoms with van der Waals surface area (Å²) < 4.78 is 5.51. The molecule has 1 heterocycles. The minimum atomic E-state index is -0.213. The molecule has 0 aliphatic heterocycles. The van der Waals surface area contributed by atoms with E-state index in [9.17, 15) is 10.2 Å². The van der Waals surface area contributed by atoms with Crippen molar-refractivity contribution in [3.63, 3.8) is 0 Å². The number of methoxy groups -OCH3 is 1. The fraction of sp³-hybridized carbons (Fsp3) is 0.227. The molecule has 0 amide bonds. The predicted molar refractivity (Wildman–Crippen MR) is 105 cm³/mol. The van der Waals surface area contributed by atoms with E-state index in [1.807, 2.05) is 24.4 Å². The maximum absolute atomic E-state index is 9.82. The molecule has 140 valence electrons. The molecule has 5 heteroatoms. The summed E-state index contributed by atoms with van der Waals surface area (Å²) in [5, 5.41) is 19.2. The molecule has 3 aromatic rings. The summed E-state index contributed by atoms with van der Waals surface area (Å²) in [5.74, 6) is 0.843. The Morgan fingerprint density at radius 1 is 1.04 bits per heavy atom. The van der Waals surface area contributed by atoms with Crippen molar-refractivity contribution < 1.29 is 14.9 Å². The number of hydrogen-bond acceptors (Lipinski definition) is 5. The number of benzene rings is 2. The molecule has 2 aromatic carbocycles. The molecule has 2 N–H and O–H groups in total. The van der Waals surface area contributed by atoms with E-state index in [-0.39, 0.29) is 12.4 Å². The van der Waals surface area contributed by atoms with Gasteiger partial charge in [-0.15, -0.1) is 0 Å². The van der Waals surface area contributed by atoms with Crippen LogP contribution in [0, 0.1) is 0 Å². The van der Waals surface area contributed by atoms with Crippen molar-refractivity contribution in [3.05, 3.63) is 77.6 Å². The van der Waals surface area contributed by atoms with Gasteiger partial charge < -0.3 is 14.9 Å². The molecular formula is C22H24N2O3. The van der Waals surface area contributed by atoms with Crippen LogP contribution in [0.1, 0.15) is 16.7 Å². The molecule has 0 radical (unpaired) electrons. The van der Waals surface area contributed by atoms with Crippen LogP contribution in [0.2, 0.25) is 0 Å². The zero-order valence-electron chi connectivity index (χ0n) is 15.6. The van der Waals surface area contributed by atoms with Gasteiger partial charge in [-0.3, -0.25) is 9.88 Å². The van der Waals surface area contributed by atoms with Crippen molar-refractivity contribution in [2.75, 3.05) is 14.2 Å². The number of aromatic hydroxyl groups is 1. The topological polar surface area (TPSA) is 65.8 Å². The lowest BCUT2D eigenvalue weighted by atomic mass is 9.99. The number of rotatable bonds is 7. The van der Waals surface area contributed by atoms with Crippen molar-refractivity contribution in [1.82, 2.24) is 9.88 Å². The minimum absolute atomic E-state index is 0.0903. The molecule has 0 bridgehead atoms. The van der Waals surface area contributed by atoms with Crippen LogP contribution in [0.15, 0.2) is 60.9 Å². The van der Waals surface area contributed by atoms with Gasteiger partial charge in [-0.1, -0.05) is 18.2 Å². The van der Waals surface area contributed by atoms with Gasteiger partial charge in [0.15, 0.2) is 0 Å². The van der Waals surface area contributed by atoms with E-state index in [4.69, 9.17) is 4.74 Å². The van der Waals surface area contributed by atoms with Crippen LogP contribution in [0.25, 0.3) is 11.1 Å². The van der Waals surface area contributed by atoms with Crippen LogP contribution < -0.4 is 4.74 Å². The lowest BCUT2D eigenvalue weighted by Gasteiger charge is -2.18. The van der Waals surface area contributed by atoms with Gasteiger partial charge in [0, 0.05) is 36.6 Å². The van der Waals surface area contributed by atoms with Gasteiger partial charge in [-0.05, 0) is 54.1 Å². The van der Waals surface area contributed by atoms with Gasteiger partial charge >= 0.3 is 0 Å². The van der Waals surface area contributed by atoms with Crippen LogP contribution in [0.3, 0.4) is 0 Å². The summed E-state index contributed by atoms with van der Waals surface area (Å²) >= 11 is 0. The second kappa shape index (κ2) is 8.66. The van der Waals surface area contributed by atoms with Gasteiger partial charge in [0.05, 0.1) is 13.7 Å². The van der Waals surface area contributed by atoms with Crippen molar-refractivity contribution in [3.8, 4) is 22.6 Å². The number of phenols is 1. The normalized spacial score (nSPS) is 11.0. The van der Waals surface area contributed by atoms with E-state index in [1.54, 1.807) is 25.4 Å². The van der Waals surface area contributed by atoms with E-state index in [1.165, 1.54) is 5.56 Å². The zero-order chi connectivity index (χ0) is 19.2. The van der Waals surface area contributed by atoms with Crippen molar-refractivity contribution in [2.24, 2.45) is 0 Å². The van der Waals surface area contributed by atoms with Gasteiger partial charge in [-0.2, -0.15) is 0 Å². The SMILES string of the molecule is COc1ccc(CN(C)Cc2cccnc2)cc1-c1ccc(O)c(CO)c1. The lowest BCUT2D eigenvalue weighted by molar-refractivity contribution is 0.275. The maximum Gasteiger partial charge on any atom is 0.126 e. The van der Waals surface area contributed by atoms with Gasteiger partial charge in [0.25, 0.3) is 0 Å². The third-order valence-electron chi connectivity index (χ3n) is 4.45. The lowest BCUT2D eigenvalue weighted by Crippen LogP contribution is -2.17. The Labute approximate surface area is 159 Å². The Morgan fingerprint density at radius 2 is 1.85 bits per heavy atom. The number of aromatic nitrogens is 1. The van der Waals surface area contributed by atoms with Crippen molar-refractivity contribution in [1.29, 1.82) is 0 Å². The third-order valence-corrected chi connectivity index (χ3v) is 4.45. The number of ether oxygens (including phenoxy) is 1. The largest absolute Gasteiger partial charge is 0.508 e. The highest BCUT2D eigenvalue weighted by molar-refractivity contribution is 5.72. The van der Waals surface area contributed by atoms with Crippen LogP contribution in [0.5, 0.6) is 11.5 Å². The summed E-state index contributed by atoms with van der Waals surface area (Å²) in [5.41, 5.74) is 4.63. The Bertz CT molecular complexity index is 897. The van der Waals surface area contributed by atoms with Crippen LogP contribution in [-0.4, -0.2) is 34.3 Å². The van der Waals surface area contributed by atoms with Crippen LogP contribution in [-0.2, 0) is 19.7 Å². The fourth-order valence-corrected chi connectivity index (χ4v) is 3.13. The number of nitrogens with zero attached hydrogens (tertiary/aromatic N) is 2. The molecule has 27 heavy (non-hydrogen) atoms. The molecule has 3 rings (SSSR count). The molecule has 0 atom stereocenters. The molecule has 0 saturated heterocycles. The first-order chi connectivity index (χ1) is 13.1. The summed E-state index contributed by atoms with van der Waals surface area (Å²) in [6.07, 6.45) is 3.65. The molecule has 0 aliphatic carbocycles. The van der Waals surface area contributed by atoms with Gasteiger partial charge in [0.1, 0.15) is 11.5 Å². The van der Waals surface area contributed by atoms with Crippen LogP contribution >= 0.6 is 0 Å². The van der Waals surface area contributed by atoms with E-state index >= 15 is 0 Å². The average molecular weight is 364 g/mol. The molecule has 0 saturated carbocycles. The molecular weight excluding hydrogens is 340 g/mol. The van der Waals surface area contributed by atoms with Gasteiger partial charge in [0.2, 0.25) is 0 Å². The summed E-state index contributed by atoms with van der Waals surface area (Å²) in [7, 11) is 3.71. The highest BCUT2D eigenvalue weighted by atomic mass is 16.5. The first-order valence-corrected chi connectivity index (χ1v) is 8.78. The highest BCUT2D eigenvalue weighted by Crippen LogP contribution is 2.33. The highest BCUT2D eigenvalue weighted by Gasteiger charge is 2.11. The Balaban J connectivity index is 1.85. The Kier molecular flexibility index (Phi) is 6.06. The third kappa shape index (κ3) is 4.64. The van der Waals surface area contributed by atoms with Crippen molar-refractivity contribution in [2.45, 2.75) is 19.7 Å². The molecule has 0 unspecified atom stereocenters. The summed E-state index contributed by atoms with van der Waals surface area (Å²) in [4.78, 5) is 6.38. The first-order valence-electron chi connectivity index (χ1n) is 8.78. The molecule has 0 aliphatic rings. The number of aliphatic hydroxyl groups is 1. The zero-order valence-corrected chi connectivity index (χ0v) is 15.6. The minimum Gasteiger partial charge on any atom is -0.508 e. The number of pyridine rings is 1. The first kappa shape index (κ1) is 18.9. The predicted octanol–water partition coefficient (Wildman–Crippen LogP) is 3.59. The van der Waals surface area contributed by atoms with E-state index < -0.39 is 0 Å². The van der Waals surface area contributed by atoms with E-state index in [0.29, 0.717) is 5.56 Å². The standard InChI is InChI=1S/C22H24N2O3/c1-24(14-17-4-3-9-23-12-17)13-16-5-8-22(27-2)20(10-16)18-6-7-21(26)19(11-18)15-25/h3-12,25-26H,13-15H2,1-2H3. The smallest absolute Gasteiger partial charge is 0.126 e. The van der Waals surface area contributed by atoms with E-state index in [2.05, 4.69) is 35.1 Å². The second-order valence-corrected chi connectivity index (χ2v) is 6.57. The van der Waals surface area contributed by atoms with E-state index in [0.717, 1.165) is 35.5 Å². The summed E-state index contributed by atoms with van der Waals surface area (Å²) in [6.45, 7) is 1.37. The number of aliphatic hydroxyl groups excluding tert-OH is 1. The quantitative estimate of drug-likeness (QED) is 0.671. The molecule has 0 spiro atoms. The summed E-state index contributed by atoms with van der Waals surface area (Å²) in [6, 6.07) is 15.3. The molecule has 1 aromatic heterocycles. The monoisotopic (exact) mass is 364 g/mol. The number of hydrogen-bond donors (Lipinski definition) is 2. The van der Waals surface area contributed by atoms with Crippen LogP contribution in [0.4, 0.5) is 0 Å². The second-order valence-electron chi connectivity index (χ2n) is 6.57. The van der Waals surface area contributed by atoms with Gasteiger partial charge in [-0.25, -0.2) is 0 Å². The Morgan fingerprint density at radius 3 is 2.56 bits per heavy atom. The van der Waals surface area contributed by atoms with Crippen molar-refractivity contribution >= 4 is 0 Å². The maximum atomic E-state index is 9.82. The molecule has 0 fully saturated rings.